The van der Waals surface area contributed by atoms with Crippen molar-refractivity contribution in [2.24, 2.45) is 5.92 Å². The molecule has 0 aromatic rings. The lowest BCUT2D eigenvalue weighted by atomic mass is 10.2. The Balaban J connectivity index is 4.25. The summed E-state index contributed by atoms with van der Waals surface area (Å²) in [7, 11) is -1.92. The molecule has 0 unspecified atom stereocenters. The molecule has 0 atom stereocenters. The molecule has 16 heavy (non-hydrogen) atoms. The number of carbonyl (C=O) groups excluding carboxylic acids is 1. The monoisotopic (exact) mass is 250 g/mol. The minimum atomic E-state index is -3.34. The summed E-state index contributed by atoms with van der Waals surface area (Å²) >= 11 is 0. The third-order valence-corrected chi connectivity index (χ3v) is 4.29. The second-order valence-corrected chi connectivity index (χ2v) is 7.14. The first-order valence-electron chi connectivity index (χ1n) is 5.39. The average Bonchev–Trinajstić information content (AvgIpc) is 2.14. The predicted molar refractivity (Wildman–Crippen MR) is 64.5 cm³/mol. The molecule has 0 aliphatic heterocycles. The zero-order chi connectivity index (χ0) is 12.9. The van der Waals surface area contributed by atoms with Gasteiger partial charge in [0.15, 0.2) is 0 Å². The van der Waals surface area contributed by atoms with E-state index in [0.29, 0.717) is 12.5 Å². The highest BCUT2D eigenvalue weighted by Crippen LogP contribution is 2.05. The van der Waals surface area contributed by atoms with Crippen molar-refractivity contribution in [1.82, 2.24) is 9.62 Å². The molecule has 0 rings (SSSR count). The number of likely N-dealkylation sites (N-methyl/N-ethyl adjacent to an activating group) is 1. The molecule has 0 aliphatic carbocycles. The lowest BCUT2D eigenvalue weighted by molar-refractivity contribution is -0.121. The Bertz CT molecular complexity index is 323. The highest BCUT2D eigenvalue weighted by atomic mass is 32.2. The molecule has 96 valence electrons. The topological polar surface area (TPSA) is 66.5 Å². The molecule has 0 saturated carbocycles. The summed E-state index contributed by atoms with van der Waals surface area (Å²) in [5.74, 6) is 0.0939. The van der Waals surface area contributed by atoms with Crippen molar-refractivity contribution in [1.29, 1.82) is 0 Å². The second-order valence-electron chi connectivity index (χ2n) is 4.55. The Kier molecular flexibility index (Phi) is 5.96. The number of rotatable bonds is 6. The Morgan fingerprint density at radius 1 is 1.25 bits per heavy atom. The normalized spacial score (nSPS) is 12.5. The van der Waals surface area contributed by atoms with Gasteiger partial charge < -0.3 is 5.32 Å². The Morgan fingerprint density at radius 3 is 2.12 bits per heavy atom. The maximum atomic E-state index is 11.6. The number of nitrogens with one attached hydrogen (secondary N) is 1. The van der Waals surface area contributed by atoms with E-state index in [1.807, 2.05) is 13.8 Å². The van der Waals surface area contributed by atoms with Gasteiger partial charge in [0.2, 0.25) is 15.9 Å². The third-order valence-electron chi connectivity index (χ3n) is 2.10. The summed E-state index contributed by atoms with van der Waals surface area (Å²) in [4.78, 5) is 11.4. The van der Waals surface area contributed by atoms with Crippen LogP contribution in [0.2, 0.25) is 0 Å². The van der Waals surface area contributed by atoms with Gasteiger partial charge in [0.25, 0.3) is 0 Å². The van der Waals surface area contributed by atoms with Crippen LogP contribution in [0.25, 0.3) is 0 Å². The summed E-state index contributed by atoms with van der Waals surface area (Å²) in [6.07, 6.45) is 0. The Morgan fingerprint density at radius 2 is 1.75 bits per heavy atom. The molecule has 0 fully saturated rings. The Hall–Kier alpha value is -0.620. The highest BCUT2D eigenvalue weighted by molar-refractivity contribution is 7.89. The van der Waals surface area contributed by atoms with Gasteiger partial charge in [0.05, 0.1) is 11.8 Å². The molecule has 5 nitrogen and oxygen atoms in total. The van der Waals surface area contributed by atoms with E-state index in [1.165, 1.54) is 7.05 Å². The minimum absolute atomic E-state index is 0.118. The fraction of sp³-hybridized carbons (Fsp3) is 0.900. The maximum Gasteiger partial charge on any atom is 0.235 e. The first-order valence-corrected chi connectivity index (χ1v) is 6.90. The summed E-state index contributed by atoms with van der Waals surface area (Å²) in [6.45, 7) is 7.60. The molecule has 1 amide bonds. The molecule has 0 bridgehead atoms. The van der Waals surface area contributed by atoms with Gasteiger partial charge in [-0.1, -0.05) is 13.8 Å². The van der Waals surface area contributed by atoms with E-state index >= 15 is 0 Å². The molecule has 0 spiro atoms. The average molecular weight is 250 g/mol. The van der Waals surface area contributed by atoms with Crippen molar-refractivity contribution in [2.75, 3.05) is 20.1 Å². The van der Waals surface area contributed by atoms with Gasteiger partial charge in [-0.15, -0.1) is 0 Å². The number of hydrogen-bond acceptors (Lipinski definition) is 3. The van der Waals surface area contributed by atoms with Crippen molar-refractivity contribution in [2.45, 2.75) is 32.9 Å². The summed E-state index contributed by atoms with van der Waals surface area (Å²) in [5.41, 5.74) is 0. The van der Waals surface area contributed by atoms with Crippen LogP contribution in [0.3, 0.4) is 0 Å². The zero-order valence-electron chi connectivity index (χ0n) is 10.6. The first kappa shape index (κ1) is 15.4. The van der Waals surface area contributed by atoms with E-state index in [2.05, 4.69) is 5.32 Å². The van der Waals surface area contributed by atoms with Crippen molar-refractivity contribution in [3.63, 3.8) is 0 Å². The van der Waals surface area contributed by atoms with E-state index in [1.54, 1.807) is 13.8 Å². The van der Waals surface area contributed by atoms with Crippen LogP contribution in [-0.4, -0.2) is 44.0 Å². The molecule has 0 heterocycles. The van der Waals surface area contributed by atoms with Gasteiger partial charge in [-0.2, -0.15) is 4.31 Å². The van der Waals surface area contributed by atoms with Crippen LogP contribution in [0.1, 0.15) is 27.7 Å². The van der Waals surface area contributed by atoms with Gasteiger partial charge in [-0.3, -0.25) is 4.79 Å². The molecule has 0 aromatic carbocycles. The third kappa shape index (κ3) is 4.94. The maximum absolute atomic E-state index is 11.6. The number of carbonyl (C=O) groups is 1. The van der Waals surface area contributed by atoms with E-state index in [-0.39, 0.29) is 12.5 Å². The lowest BCUT2D eigenvalue weighted by Gasteiger charge is -2.19. The standard InChI is InChI=1S/C10H22N2O3S/c1-8(2)6-11-10(13)7-12(5)16(14,15)9(3)4/h8-9H,6-7H2,1-5H3,(H,11,13). The largest absolute Gasteiger partial charge is 0.355 e. The number of nitrogens with zero attached hydrogens (tertiary/aromatic N) is 1. The van der Waals surface area contributed by atoms with Crippen molar-refractivity contribution in [3.05, 3.63) is 0 Å². The summed E-state index contributed by atoms with van der Waals surface area (Å²) < 4.78 is 24.4. The highest BCUT2D eigenvalue weighted by Gasteiger charge is 2.23. The molecular weight excluding hydrogens is 228 g/mol. The van der Waals surface area contributed by atoms with Crippen LogP contribution in [0, 0.1) is 5.92 Å². The van der Waals surface area contributed by atoms with Crippen LogP contribution < -0.4 is 5.32 Å². The van der Waals surface area contributed by atoms with Gasteiger partial charge in [-0.05, 0) is 19.8 Å². The van der Waals surface area contributed by atoms with E-state index < -0.39 is 15.3 Å². The predicted octanol–water partition coefficient (Wildman–Crippen LogP) is 0.429. The van der Waals surface area contributed by atoms with Crippen molar-refractivity contribution in [3.8, 4) is 0 Å². The van der Waals surface area contributed by atoms with Gasteiger partial charge in [0.1, 0.15) is 0 Å². The van der Waals surface area contributed by atoms with Gasteiger partial charge in [-0.25, -0.2) is 8.42 Å². The van der Waals surface area contributed by atoms with Crippen molar-refractivity contribution < 1.29 is 13.2 Å². The lowest BCUT2D eigenvalue weighted by Crippen LogP contribution is -2.41. The molecule has 6 heteroatoms. The fourth-order valence-corrected chi connectivity index (χ4v) is 2.04. The quantitative estimate of drug-likeness (QED) is 0.743. The van der Waals surface area contributed by atoms with Crippen LogP contribution >= 0.6 is 0 Å². The van der Waals surface area contributed by atoms with E-state index in [4.69, 9.17) is 0 Å². The van der Waals surface area contributed by atoms with E-state index in [0.717, 1.165) is 4.31 Å². The Labute approximate surface area is 98.3 Å². The van der Waals surface area contributed by atoms with Gasteiger partial charge in [0, 0.05) is 13.6 Å². The van der Waals surface area contributed by atoms with Crippen molar-refractivity contribution >= 4 is 15.9 Å². The number of sulfonamides is 1. The molecule has 0 aliphatic rings. The zero-order valence-corrected chi connectivity index (χ0v) is 11.5. The summed E-state index contributed by atoms with van der Waals surface area (Å²) in [5, 5.41) is 2.17. The molecular formula is C10H22N2O3S. The SMILES string of the molecule is CC(C)CNC(=O)CN(C)S(=O)(=O)C(C)C. The van der Waals surface area contributed by atoms with Gasteiger partial charge >= 0.3 is 0 Å². The van der Waals surface area contributed by atoms with Crippen LogP contribution in [0.4, 0.5) is 0 Å². The molecule has 0 radical (unpaired) electrons. The van der Waals surface area contributed by atoms with E-state index in [9.17, 15) is 13.2 Å². The number of hydrogen-bond donors (Lipinski definition) is 1. The molecule has 0 aromatic heterocycles. The second kappa shape index (κ2) is 6.20. The molecule has 0 saturated heterocycles. The van der Waals surface area contributed by atoms with Crippen LogP contribution in [0.5, 0.6) is 0 Å². The number of amides is 1. The minimum Gasteiger partial charge on any atom is -0.355 e. The first-order chi connectivity index (χ1) is 7.17. The molecule has 1 N–H and O–H groups in total. The smallest absolute Gasteiger partial charge is 0.235 e. The van der Waals surface area contributed by atoms with Crippen LogP contribution in [-0.2, 0) is 14.8 Å². The fourth-order valence-electron chi connectivity index (χ4n) is 1.03. The summed E-state index contributed by atoms with van der Waals surface area (Å²) in [6, 6.07) is 0. The van der Waals surface area contributed by atoms with Crippen LogP contribution in [0.15, 0.2) is 0 Å².